The third-order valence-electron chi connectivity index (χ3n) is 4.56. The summed E-state index contributed by atoms with van der Waals surface area (Å²) in [5.74, 6) is 1.44. The number of carbonyl (C=O) groups is 1. The average molecular weight is 344 g/mol. The molecule has 7 nitrogen and oxygen atoms in total. The molecule has 0 unspecified atom stereocenters. The molecule has 1 N–H and O–H groups in total. The lowest BCUT2D eigenvalue weighted by molar-refractivity contribution is 0.0499. The van der Waals surface area contributed by atoms with Crippen LogP contribution in [0.2, 0.25) is 0 Å². The van der Waals surface area contributed by atoms with Gasteiger partial charge in [-0.05, 0) is 31.7 Å². The van der Waals surface area contributed by atoms with Gasteiger partial charge in [0.05, 0.1) is 13.2 Å². The summed E-state index contributed by atoms with van der Waals surface area (Å²) in [5.41, 5.74) is 1.28. The van der Waals surface area contributed by atoms with E-state index in [-0.39, 0.29) is 11.9 Å². The predicted octanol–water partition coefficient (Wildman–Crippen LogP) is 2.03. The number of aromatic nitrogens is 3. The number of nitrogens with zero attached hydrogens (tertiary/aromatic N) is 3. The fraction of sp³-hybridized carbons (Fsp3) is 0.500. The second kappa shape index (κ2) is 7.65. The Hall–Kier alpha value is -2.41. The van der Waals surface area contributed by atoms with Crippen LogP contribution in [-0.2, 0) is 11.8 Å². The van der Waals surface area contributed by atoms with E-state index in [4.69, 9.17) is 9.47 Å². The van der Waals surface area contributed by atoms with E-state index in [0.717, 1.165) is 24.4 Å². The summed E-state index contributed by atoms with van der Waals surface area (Å²) < 4.78 is 12.6. The van der Waals surface area contributed by atoms with E-state index < -0.39 is 0 Å². The van der Waals surface area contributed by atoms with Crippen molar-refractivity contribution in [3.8, 4) is 5.88 Å². The highest BCUT2D eigenvalue weighted by Gasteiger charge is 2.30. The highest BCUT2D eigenvalue weighted by Crippen LogP contribution is 2.29. The molecule has 0 bridgehead atoms. The number of hydrogen-bond acceptors (Lipinski definition) is 5. The van der Waals surface area contributed by atoms with Gasteiger partial charge in [-0.3, -0.25) is 4.79 Å². The molecule has 1 aliphatic rings. The van der Waals surface area contributed by atoms with E-state index in [1.165, 1.54) is 0 Å². The van der Waals surface area contributed by atoms with E-state index in [1.54, 1.807) is 25.4 Å². The smallest absolute Gasteiger partial charge is 0.252 e. The fourth-order valence-corrected chi connectivity index (χ4v) is 3.22. The minimum atomic E-state index is -0.157. The first-order valence-corrected chi connectivity index (χ1v) is 8.47. The van der Waals surface area contributed by atoms with Crippen molar-refractivity contribution in [2.45, 2.75) is 25.8 Å². The lowest BCUT2D eigenvalue weighted by Gasteiger charge is -2.30. The molecule has 134 valence electrons. The fourth-order valence-electron chi connectivity index (χ4n) is 3.22. The van der Waals surface area contributed by atoms with Gasteiger partial charge in [0.15, 0.2) is 0 Å². The Morgan fingerprint density at radius 2 is 2.16 bits per heavy atom. The van der Waals surface area contributed by atoms with E-state index in [1.807, 2.05) is 24.7 Å². The standard InChI is InChI=1S/C18H24N4O3/c1-12-10-14(11-15(20-12)24-3)18(23)21-16(13-4-8-25-9-5-13)17-19-6-7-22(17)2/h6-7,10-11,13,16H,4-5,8-9H2,1-3H3,(H,21,23)/t16-/m0/s1. The zero-order valence-corrected chi connectivity index (χ0v) is 14.9. The van der Waals surface area contributed by atoms with Crippen molar-refractivity contribution in [1.82, 2.24) is 19.9 Å². The van der Waals surface area contributed by atoms with Crippen LogP contribution in [0.15, 0.2) is 24.5 Å². The largest absolute Gasteiger partial charge is 0.481 e. The molecule has 3 heterocycles. The zero-order valence-electron chi connectivity index (χ0n) is 14.9. The molecule has 3 rings (SSSR count). The van der Waals surface area contributed by atoms with Gasteiger partial charge in [-0.1, -0.05) is 0 Å². The molecule has 1 aliphatic heterocycles. The van der Waals surface area contributed by atoms with Gasteiger partial charge in [0.2, 0.25) is 5.88 Å². The zero-order chi connectivity index (χ0) is 17.8. The minimum absolute atomic E-state index is 0.150. The maximum absolute atomic E-state index is 12.9. The van der Waals surface area contributed by atoms with Gasteiger partial charge in [-0.2, -0.15) is 0 Å². The van der Waals surface area contributed by atoms with Crippen LogP contribution in [0.3, 0.4) is 0 Å². The third-order valence-corrected chi connectivity index (χ3v) is 4.56. The van der Waals surface area contributed by atoms with Crippen molar-refractivity contribution < 1.29 is 14.3 Å². The van der Waals surface area contributed by atoms with Gasteiger partial charge in [-0.15, -0.1) is 0 Å². The molecule has 0 spiro atoms. The highest BCUT2D eigenvalue weighted by atomic mass is 16.5. The molecule has 2 aromatic heterocycles. The van der Waals surface area contributed by atoms with Gasteiger partial charge < -0.3 is 19.4 Å². The first-order valence-electron chi connectivity index (χ1n) is 8.47. The maximum Gasteiger partial charge on any atom is 0.252 e. The maximum atomic E-state index is 12.9. The number of methoxy groups -OCH3 is 1. The molecule has 7 heteroatoms. The van der Waals surface area contributed by atoms with Crippen molar-refractivity contribution in [3.05, 3.63) is 41.6 Å². The highest BCUT2D eigenvalue weighted by molar-refractivity contribution is 5.94. The van der Waals surface area contributed by atoms with Crippen molar-refractivity contribution in [2.24, 2.45) is 13.0 Å². The van der Waals surface area contributed by atoms with Crippen molar-refractivity contribution in [2.75, 3.05) is 20.3 Å². The average Bonchev–Trinajstić information content (AvgIpc) is 3.05. The van der Waals surface area contributed by atoms with Crippen LogP contribution in [0, 0.1) is 12.8 Å². The van der Waals surface area contributed by atoms with Gasteiger partial charge >= 0.3 is 0 Å². The predicted molar refractivity (Wildman–Crippen MR) is 92.5 cm³/mol. The lowest BCUT2D eigenvalue weighted by Crippen LogP contribution is -2.37. The van der Waals surface area contributed by atoms with Crippen LogP contribution >= 0.6 is 0 Å². The molecule has 25 heavy (non-hydrogen) atoms. The van der Waals surface area contributed by atoms with Crippen molar-refractivity contribution in [1.29, 1.82) is 0 Å². The van der Waals surface area contributed by atoms with E-state index in [9.17, 15) is 4.79 Å². The quantitative estimate of drug-likeness (QED) is 0.898. The van der Waals surface area contributed by atoms with Crippen molar-refractivity contribution in [3.63, 3.8) is 0 Å². The SMILES string of the molecule is COc1cc(C(=O)N[C@H](c2nccn2C)C2CCOCC2)cc(C)n1. The summed E-state index contributed by atoms with van der Waals surface area (Å²) in [4.78, 5) is 21.6. The van der Waals surface area contributed by atoms with Gasteiger partial charge in [0.1, 0.15) is 5.82 Å². The number of rotatable bonds is 5. The molecule has 2 aromatic rings. The molecule has 0 aliphatic carbocycles. The third kappa shape index (κ3) is 3.99. The Morgan fingerprint density at radius 1 is 1.40 bits per heavy atom. The molecule has 1 atom stereocenters. The molecule has 1 amide bonds. The summed E-state index contributed by atoms with van der Waals surface area (Å²) >= 11 is 0. The number of pyridine rings is 1. The molecular formula is C18H24N4O3. The topological polar surface area (TPSA) is 78.3 Å². The number of nitrogens with one attached hydrogen (secondary N) is 1. The minimum Gasteiger partial charge on any atom is -0.481 e. The van der Waals surface area contributed by atoms with E-state index >= 15 is 0 Å². The number of amides is 1. The molecule has 0 saturated carbocycles. The number of ether oxygens (including phenoxy) is 2. The van der Waals surface area contributed by atoms with Crippen LogP contribution in [0.1, 0.15) is 40.8 Å². The monoisotopic (exact) mass is 344 g/mol. The van der Waals surface area contributed by atoms with Crippen LogP contribution in [-0.4, -0.2) is 40.8 Å². The van der Waals surface area contributed by atoms with Crippen LogP contribution in [0.4, 0.5) is 0 Å². The first kappa shape index (κ1) is 17.4. The van der Waals surface area contributed by atoms with Gasteiger partial charge in [0.25, 0.3) is 5.91 Å². The summed E-state index contributed by atoms with van der Waals surface area (Å²) in [6.45, 7) is 3.27. The van der Waals surface area contributed by atoms with E-state index in [0.29, 0.717) is 30.6 Å². The second-order valence-electron chi connectivity index (χ2n) is 6.34. The van der Waals surface area contributed by atoms with Crippen LogP contribution in [0.5, 0.6) is 5.88 Å². The van der Waals surface area contributed by atoms with Crippen LogP contribution in [0.25, 0.3) is 0 Å². The number of carbonyl (C=O) groups excluding carboxylic acids is 1. The number of aryl methyl sites for hydroxylation is 2. The summed E-state index contributed by atoms with van der Waals surface area (Å²) in [5, 5.41) is 3.16. The molecule has 0 radical (unpaired) electrons. The molecule has 1 fully saturated rings. The molecule has 1 saturated heterocycles. The van der Waals surface area contributed by atoms with E-state index in [2.05, 4.69) is 15.3 Å². The number of imidazole rings is 1. The Balaban J connectivity index is 1.85. The van der Waals surface area contributed by atoms with Gasteiger partial charge in [0, 0.05) is 50.0 Å². The molecular weight excluding hydrogens is 320 g/mol. The Bertz CT molecular complexity index is 738. The summed E-state index contributed by atoms with van der Waals surface area (Å²) in [6.07, 6.45) is 5.45. The Labute approximate surface area is 147 Å². The second-order valence-corrected chi connectivity index (χ2v) is 6.34. The summed E-state index contributed by atoms with van der Waals surface area (Å²) in [6, 6.07) is 3.26. The van der Waals surface area contributed by atoms with Crippen LogP contribution < -0.4 is 10.1 Å². The Kier molecular flexibility index (Phi) is 5.33. The number of hydrogen-bond donors (Lipinski definition) is 1. The first-order chi connectivity index (χ1) is 12.1. The summed E-state index contributed by atoms with van der Waals surface area (Å²) in [7, 11) is 3.49. The van der Waals surface area contributed by atoms with Crippen molar-refractivity contribution >= 4 is 5.91 Å². The lowest BCUT2D eigenvalue weighted by atomic mass is 9.90. The molecule has 0 aromatic carbocycles. The van der Waals surface area contributed by atoms with Gasteiger partial charge in [-0.25, -0.2) is 9.97 Å². The normalized spacial score (nSPS) is 16.4. The Morgan fingerprint density at radius 3 is 2.80 bits per heavy atom.